The molecule has 1 aromatic carbocycles. The van der Waals surface area contributed by atoms with Gasteiger partial charge in [0.15, 0.2) is 0 Å². The lowest BCUT2D eigenvalue weighted by Crippen LogP contribution is -2.46. The van der Waals surface area contributed by atoms with Crippen LogP contribution in [0.15, 0.2) is 30.3 Å². The van der Waals surface area contributed by atoms with Gasteiger partial charge in [-0.1, -0.05) is 30.3 Å². The van der Waals surface area contributed by atoms with Gasteiger partial charge in [0.25, 0.3) is 0 Å². The first-order chi connectivity index (χ1) is 15.2. The van der Waals surface area contributed by atoms with E-state index in [1.165, 1.54) is 7.11 Å². The van der Waals surface area contributed by atoms with Gasteiger partial charge in [0.05, 0.1) is 7.11 Å². The monoisotopic (exact) mass is 444 g/mol. The van der Waals surface area contributed by atoms with E-state index in [0.717, 1.165) is 37.7 Å². The number of esters is 1. The molecule has 2 amide bonds. The molecule has 2 unspecified atom stereocenters. The Balaban J connectivity index is 1.56. The number of nitrogens with one attached hydrogen (secondary N) is 1. The lowest BCUT2D eigenvalue weighted by Gasteiger charge is -2.33. The molecule has 1 aromatic rings. The Morgan fingerprint density at radius 3 is 2.28 bits per heavy atom. The quantitative estimate of drug-likeness (QED) is 0.697. The van der Waals surface area contributed by atoms with Crippen molar-refractivity contribution in [3.8, 4) is 0 Å². The van der Waals surface area contributed by atoms with Crippen molar-refractivity contribution in [1.29, 1.82) is 0 Å². The average Bonchev–Trinajstić information content (AvgIpc) is 3.21. The second-order valence-corrected chi connectivity index (χ2v) is 9.91. The number of nitrogens with zero attached hydrogens (tertiary/aromatic N) is 1. The van der Waals surface area contributed by atoms with Crippen molar-refractivity contribution in [1.82, 2.24) is 10.2 Å². The summed E-state index contributed by atoms with van der Waals surface area (Å²) in [6.07, 6.45) is 3.61. The minimum absolute atomic E-state index is 0.0398. The van der Waals surface area contributed by atoms with Gasteiger partial charge in [0.2, 0.25) is 5.91 Å². The number of hydrogen-bond donors (Lipinski definition) is 1. The third-order valence-electron chi connectivity index (χ3n) is 6.48. The van der Waals surface area contributed by atoms with Crippen LogP contribution in [0, 0.1) is 11.8 Å². The number of benzene rings is 1. The summed E-state index contributed by atoms with van der Waals surface area (Å²) >= 11 is 0. The lowest BCUT2D eigenvalue weighted by molar-refractivity contribution is -0.153. The van der Waals surface area contributed by atoms with Crippen molar-refractivity contribution >= 4 is 18.0 Å². The van der Waals surface area contributed by atoms with Gasteiger partial charge < -0.3 is 19.7 Å². The highest BCUT2D eigenvalue weighted by Crippen LogP contribution is 2.37. The van der Waals surface area contributed by atoms with Crippen LogP contribution in [0.3, 0.4) is 0 Å². The second kappa shape index (κ2) is 10.4. The standard InChI is InChI=1S/C25H36N2O5/c1-25(2,3)32-24(30)26-16-17-10-12-19(13-11-17)22(28)27-15-14-20(21(27)23(29)31-4)18-8-6-5-7-9-18/h5-9,17,19-21H,10-16H2,1-4H3,(H,26,30). The van der Waals surface area contributed by atoms with Gasteiger partial charge >= 0.3 is 12.1 Å². The average molecular weight is 445 g/mol. The smallest absolute Gasteiger partial charge is 0.407 e. The van der Waals surface area contributed by atoms with Crippen LogP contribution in [0.1, 0.15) is 64.4 Å². The zero-order chi connectivity index (χ0) is 23.3. The Kier molecular flexibility index (Phi) is 7.80. The fourth-order valence-electron chi connectivity index (χ4n) is 4.89. The number of ether oxygens (including phenoxy) is 2. The molecule has 1 aliphatic carbocycles. The van der Waals surface area contributed by atoms with Gasteiger partial charge in [0.1, 0.15) is 11.6 Å². The molecule has 0 aromatic heterocycles. The fraction of sp³-hybridized carbons (Fsp3) is 0.640. The van der Waals surface area contributed by atoms with Crippen LogP contribution < -0.4 is 5.32 Å². The van der Waals surface area contributed by atoms with Crippen LogP contribution in [0.5, 0.6) is 0 Å². The minimum Gasteiger partial charge on any atom is -0.467 e. The van der Waals surface area contributed by atoms with Crippen LogP contribution in [0.25, 0.3) is 0 Å². The highest BCUT2D eigenvalue weighted by atomic mass is 16.6. The predicted molar refractivity (Wildman–Crippen MR) is 121 cm³/mol. The first-order valence-corrected chi connectivity index (χ1v) is 11.6. The Morgan fingerprint density at radius 2 is 1.69 bits per heavy atom. The molecule has 0 radical (unpaired) electrons. The summed E-state index contributed by atoms with van der Waals surface area (Å²) in [5.41, 5.74) is 0.549. The van der Waals surface area contributed by atoms with E-state index in [-0.39, 0.29) is 23.7 Å². The van der Waals surface area contributed by atoms with Gasteiger partial charge in [-0.3, -0.25) is 4.79 Å². The Labute approximate surface area is 190 Å². The number of rotatable bonds is 5. The Morgan fingerprint density at radius 1 is 1.03 bits per heavy atom. The van der Waals surface area contributed by atoms with Gasteiger partial charge in [0, 0.05) is 24.9 Å². The van der Waals surface area contributed by atoms with Crippen LogP contribution in [-0.4, -0.2) is 54.7 Å². The summed E-state index contributed by atoms with van der Waals surface area (Å²) in [7, 11) is 1.38. The molecule has 1 heterocycles. The van der Waals surface area contributed by atoms with Crippen molar-refractivity contribution in [2.24, 2.45) is 11.8 Å². The predicted octanol–water partition coefficient (Wildman–Crippen LogP) is 3.88. The van der Waals surface area contributed by atoms with E-state index < -0.39 is 17.7 Å². The van der Waals surface area contributed by atoms with Crippen molar-refractivity contribution in [3.63, 3.8) is 0 Å². The molecule has 3 rings (SSSR count). The summed E-state index contributed by atoms with van der Waals surface area (Å²) in [5.74, 6) is -0.0904. The van der Waals surface area contributed by atoms with E-state index in [4.69, 9.17) is 9.47 Å². The van der Waals surface area contributed by atoms with E-state index >= 15 is 0 Å². The third-order valence-corrected chi connectivity index (χ3v) is 6.48. The normalized spacial score (nSPS) is 25.8. The number of carbonyl (C=O) groups excluding carboxylic acids is 3. The molecule has 176 valence electrons. The Hall–Kier alpha value is -2.57. The topological polar surface area (TPSA) is 84.9 Å². The molecule has 7 heteroatoms. The molecule has 1 N–H and O–H groups in total. The number of alkyl carbamates (subject to hydrolysis) is 1. The molecule has 2 aliphatic rings. The molecule has 1 aliphatic heterocycles. The zero-order valence-electron chi connectivity index (χ0n) is 19.6. The molecule has 0 bridgehead atoms. The number of amides is 2. The molecular formula is C25H36N2O5. The number of carbonyl (C=O) groups is 3. The molecule has 7 nitrogen and oxygen atoms in total. The van der Waals surface area contributed by atoms with Crippen molar-refractivity contribution in [2.75, 3.05) is 20.2 Å². The summed E-state index contributed by atoms with van der Waals surface area (Å²) < 4.78 is 10.4. The molecular weight excluding hydrogens is 408 g/mol. The fourth-order valence-corrected chi connectivity index (χ4v) is 4.89. The molecule has 1 saturated heterocycles. The summed E-state index contributed by atoms with van der Waals surface area (Å²) in [6.45, 7) is 6.64. The van der Waals surface area contributed by atoms with Crippen molar-refractivity contribution in [3.05, 3.63) is 35.9 Å². The first kappa shape index (κ1) is 24.1. The van der Waals surface area contributed by atoms with E-state index in [1.807, 2.05) is 51.1 Å². The highest BCUT2D eigenvalue weighted by molar-refractivity contribution is 5.87. The maximum Gasteiger partial charge on any atom is 0.407 e. The SMILES string of the molecule is COC(=O)C1C(c2ccccc2)CCN1C(=O)C1CCC(CNC(=O)OC(C)(C)C)CC1. The van der Waals surface area contributed by atoms with Crippen molar-refractivity contribution < 1.29 is 23.9 Å². The number of methoxy groups -OCH3 is 1. The zero-order valence-corrected chi connectivity index (χ0v) is 19.6. The summed E-state index contributed by atoms with van der Waals surface area (Å²) in [4.78, 5) is 39.6. The van der Waals surface area contributed by atoms with Crippen molar-refractivity contribution in [2.45, 2.75) is 70.4 Å². The number of likely N-dealkylation sites (tertiary alicyclic amines) is 1. The molecule has 2 atom stereocenters. The Bertz CT molecular complexity index is 796. The maximum atomic E-state index is 13.4. The van der Waals surface area contributed by atoms with E-state index in [2.05, 4.69) is 5.32 Å². The van der Waals surface area contributed by atoms with E-state index in [1.54, 1.807) is 4.90 Å². The van der Waals surface area contributed by atoms with Gasteiger partial charge in [-0.05, 0) is 64.4 Å². The van der Waals surface area contributed by atoms with Gasteiger partial charge in [-0.15, -0.1) is 0 Å². The third kappa shape index (κ3) is 6.02. The van der Waals surface area contributed by atoms with Crippen LogP contribution in [-0.2, 0) is 19.1 Å². The first-order valence-electron chi connectivity index (χ1n) is 11.6. The van der Waals surface area contributed by atoms with Gasteiger partial charge in [-0.2, -0.15) is 0 Å². The van der Waals surface area contributed by atoms with Crippen LogP contribution in [0.4, 0.5) is 4.79 Å². The lowest BCUT2D eigenvalue weighted by atomic mass is 9.81. The molecule has 0 spiro atoms. The van der Waals surface area contributed by atoms with E-state index in [9.17, 15) is 14.4 Å². The molecule has 32 heavy (non-hydrogen) atoms. The summed E-state index contributed by atoms with van der Waals surface area (Å²) in [6, 6.07) is 9.32. The largest absolute Gasteiger partial charge is 0.467 e. The van der Waals surface area contributed by atoms with Crippen LogP contribution >= 0.6 is 0 Å². The summed E-state index contributed by atoms with van der Waals surface area (Å²) in [5, 5.41) is 2.84. The minimum atomic E-state index is -0.568. The van der Waals surface area contributed by atoms with Crippen LogP contribution in [0.2, 0.25) is 0 Å². The number of hydrogen-bond acceptors (Lipinski definition) is 5. The highest BCUT2D eigenvalue weighted by Gasteiger charge is 2.45. The van der Waals surface area contributed by atoms with Gasteiger partial charge in [-0.25, -0.2) is 9.59 Å². The molecule has 1 saturated carbocycles. The van der Waals surface area contributed by atoms with E-state index in [0.29, 0.717) is 19.0 Å². The molecule has 2 fully saturated rings. The second-order valence-electron chi connectivity index (χ2n) is 9.91. The maximum absolute atomic E-state index is 13.4.